The maximum Gasteiger partial charge on any atom is 0.144 e. The van der Waals surface area contributed by atoms with E-state index >= 15 is 0 Å². The van der Waals surface area contributed by atoms with Gasteiger partial charge < -0.3 is 0 Å². The molecular formula is C16H23N3. The Balaban J connectivity index is 2.18. The lowest BCUT2D eigenvalue weighted by Gasteiger charge is -2.37. The molecule has 1 N–H and O–H groups in total. The molecule has 1 saturated heterocycles. The van der Waals surface area contributed by atoms with Gasteiger partial charge in [-0.1, -0.05) is 37.3 Å². The van der Waals surface area contributed by atoms with Gasteiger partial charge in [0.15, 0.2) is 0 Å². The predicted molar refractivity (Wildman–Crippen MR) is 77.6 cm³/mol. The number of benzene rings is 1. The van der Waals surface area contributed by atoms with E-state index in [9.17, 15) is 5.26 Å². The van der Waals surface area contributed by atoms with Gasteiger partial charge in [0, 0.05) is 13.1 Å². The smallest absolute Gasteiger partial charge is 0.144 e. The fourth-order valence-electron chi connectivity index (χ4n) is 2.96. The van der Waals surface area contributed by atoms with Crippen LogP contribution in [0.2, 0.25) is 0 Å². The van der Waals surface area contributed by atoms with Crippen LogP contribution in [-0.4, -0.2) is 31.6 Å². The van der Waals surface area contributed by atoms with Gasteiger partial charge in [-0.2, -0.15) is 5.26 Å². The van der Waals surface area contributed by atoms with E-state index in [0.717, 1.165) is 31.1 Å². The quantitative estimate of drug-likeness (QED) is 0.900. The molecule has 1 heterocycles. The highest BCUT2D eigenvalue weighted by atomic mass is 15.2. The molecule has 1 aliphatic heterocycles. The van der Waals surface area contributed by atoms with Crippen LogP contribution >= 0.6 is 0 Å². The van der Waals surface area contributed by atoms with Crippen molar-refractivity contribution in [1.82, 2.24) is 10.2 Å². The van der Waals surface area contributed by atoms with Crippen LogP contribution in [0.25, 0.3) is 0 Å². The number of hydrogen-bond acceptors (Lipinski definition) is 3. The number of likely N-dealkylation sites (tertiary alicyclic amines) is 1. The number of likely N-dealkylation sites (N-methyl/N-ethyl adjacent to an activating group) is 1. The Hall–Kier alpha value is -1.37. The first kappa shape index (κ1) is 14.0. The zero-order valence-electron chi connectivity index (χ0n) is 11.9. The summed E-state index contributed by atoms with van der Waals surface area (Å²) in [5, 5.41) is 12.9. The zero-order valence-corrected chi connectivity index (χ0v) is 11.9. The van der Waals surface area contributed by atoms with Crippen molar-refractivity contribution in [2.45, 2.75) is 25.3 Å². The second kappa shape index (κ2) is 6.18. The third-order valence-corrected chi connectivity index (χ3v) is 4.09. The van der Waals surface area contributed by atoms with E-state index in [0.29, 0.717) is 0 Å². The molecule has 2 atom stereocenters. The molecule has 0 amide bonds. The third-order valence-electron chi connectivity index (χ3n) is 4.09. The van der Waals surface area contributed by atoms with Crippen LogP contribution < -0.4 is 5.32 Å². The Morgan fingerprint density at radius 3 is 2.74 bits per heavy atom. The van der Waals surface area contributed by atoms with E-state index in [1.54, 1.807) is 0 Å². The number of hydrogen-bond donors (Lipinski definition) is 1. The first-order chi connectivity index (χ1) is 9.20. The standard InChI is InChI=1S/C16H23N3/c1-14-7-6-10-19(11-14)13-16(12-17,18-2)15-8-4-3-5-9-15/h3-5,8-9,14,18H,6-7,10-11,13H2,1-2H3. The van der Waals surface area contributed by atoms with Crippen molar-refractivity contribution in [2.75, 3.05) is 26.7 Å². The summed E-state index contributed by atoms with van der Waals surface area (Å²) in [5.74, 6) is 0.734. The average Bonchev–Trinajstić information content (AvgIpc) is 2.46. The van der Waals surface area contributed by atoms with Crippen LogP contribution in [0.5, 0.6) is 0 Å². The van der Waals surface area contributed by atoms with Gasteiger partial charge >= 0.3 is 0 Å². The number of rotatable bonds is 4. The second-order valence-electron chi connectivity index (χ2n) is 5.62. The molecular weight excluding hydrogens is 234 g/mol. The van der Waals surface area contributed by atoms with Gasteiger partial charge in [-0.15, -0.1) is 0 Å². The summed E-state index contributed by atoms with van der Waals surface area (Å²) in [7, 11) is 1.88. The van der Waals surface area contributed by atoms with E-state index in [4.69, 9.17) is 0 Å². The Labute approximate surface area is 116 Å². The minimum Gasteiger partial charge on any atom is -0.300 e. The summed E-state index contributed by atoms with van der Waals surface area (Å²) in [5.41, 5.74) is 0.455. The zero-order chi connectivity index (χ0) is 13.7. The van der Waals surface area contributed by atoms with E-state index in [-0.39, 0.29) is 0 Å². The van der Waals surface area contributed by atoms with Crippen LogP contribution in [0.15, 0.2) is 30.3 Å². The number of nitrogens with one attached hydrogen (secondary N) is 1. The minimum atomic E-state index is -0.599. The summed E-state index contributed by atoms with van der Waals surface area (Å²) in [6, 6.07) is 12.5. The lowest BCUT2D eigenvalue weighted by Crippen LogP contribution is -2.50. The molecule has 3 nitrogen and oxygen atoms in total. The van der Waals surface area contributed by atoms with Crippen molar-refractivity contribution in [2.24, 2.45) is 5.92 Å². The Morgan fingerprint density at radius 1 is 1.42 bits per heavy atom. The second-order valence-corrected chi connectivity index (χ2v) is 5.62. The van der Waals surface area contributed by atoms with Crippen molar-refractivity contribution >= 4 is 0 Å². The molecule has 2 unspecified atom stereocenters. The van der Waals surface area contributed by atoms with Crippen LogP contribution in [0, 0.1) is 17.2 Å². The van der Waals surface area contributed by atoms with Crippen LogP contribution in [0.4, 0.5) is 0 Å². The molecule has 0 aromatic heterocycles. The van der Waals surface area contributed by atoms with Crippen LogP contribution in [0.1, 0.15) is 25.3 Å². The van der Waals surface area contributed by atoms with E-state index in [2.05, 4.69) is 23.2 Å². The predicted octanol–water partition coefficient (Wildman–Crippen LogP) is 2.36. The van der Waals surface area contributed by atoms with Crippen molar-refractivity contribution < 1.29 is 0 Å². The fraction of sp³-hybridized carbons (Fsp3) is 0.562. The van der Waals surface area contributed by atoms with E-state index < -0.39 is 5.54 Å². The lowest BCUT2D eigenvalue weighted by molar-refractivity contribution is 0.151. The number of piperidine rings is 1. The molecule has 2 rings (SSSR count). The maximum atomic E-state index is 9.69. The number of nitrogens with zero attached hydrogens (tertiary/aromatic N) is 2. The normalized spacial score (nSPS) is 23.5. The molecule has 0 spiro atoms. The monoisotopic (exact) mass is 257 g/mol. The molecule has 0 bridgehead atoms. The summed E-state index contributed by atoms with van der Waals surface area (Å²) in [4.78, 5) is 2.42. The first-order valence-electron chi connectivity index (χ1n) is 7.08. The third kappa shape index (κ3) is 3.15. The molecule has 0 aliphatic carbocycles. The highest BCUT2D eigenvalue weighted by Crippen LogP contribution is 2.24. The van der Waals surface area contributed by atoms with Gasteiger partial charge in [0.05, 0.1) is 6.07 Å². The molecule has 1 aliphatic rings. The topological polar surface area (TPSA) is 39.1 Å². The summed E-state index contributed by atoms with van der Waals surface area (Å²) >= 11 is 0. The lowest BCUT2D eigenvalue weighted by atomic mass is 9.89. The van der Waals surface area contributed by atoms with E-state index in [1.165, 1.54) is 12.8 Å². The van der Waals surface area contributed by atoms with Crippen LogP contribution in [-0.2, 0) is 5.54 Å². The maximum absolute atomic E-state index is 9.69. The Morgan fingerprint density at radius 2 is 2.16 bits per heavy atom. The molecule has 102 valence electrons. The largest absolute Gasteiger partial charge is 0.300 e. The minimum absolute atomic E-state index is 0.599. The van der Waals surface area contributed by atoms with Gasteiger partial charge in [-0.3, -0.25) is 10.2 Å². The van der Waals surface area contributed by atoms with Gasteiger partial charge in [0.25, 0.3) is 0 Å². The first-order valence-corrected chi connectivity index (χ1v) is 7.08. The molecule has 19 heavy (non-hydrogen) atoms. The molecule has 0 saturated carbocycles. The summed E-state index contributed by atoms with van der Waals surface area (Å²) < 4.78 is 0. The van der Waals surface area contributed by atoms with Gasteiger partial charge in [0.1, 0.15) is 5.54 Å². The summed E-state index contributed by atoms with van der Waals surface area (Å²) in [6.07, 6.45) is 2.54. The molecule has 0 radical (unpaired) electrons. The van der Waals surface area contributed by atoms with Gasteiger partial charge in [-0.05, 0) is 37.9 Å². The molecule has 1 aromatic carbocycles. The fourth-order valence-corrected chi connectivity index (χ4v) is 2.96. The molecule has 1 aromatic rings. The average molecular weight is 257 g/mol. The summed E-state index contributed by atoms with van der Waals surface area (Å²) in [6.45, 7) is 5.25. The Bertz CT molecular complexity index is 437. The molecule has 1 fully saturated rings. The Kier molecular flexibility index (Phi) is 4.57. The van der Waals surface area contributed by atoms with Gasteiger partial charge in [0.2, 0.25) is 0 Å². The highest BCUT2D eigenvalue weighted by Gasteiger charge is 2.33. The number of nitriles is 1. The van der Waals surface area contributed by atoms with E-state index in [1.807, 2.05) is 37.4 Å². The van der Waals surface area contributed by atoms with Crippen molar-refractivity contribution in [3.8, 4) is 6.07 Å². The molecule has 3 heteroatoms. The van der Waals surface area contributed by atoms with Crippen molar-refractivity contribution in [3.05, 3.63) is 35.9 Å². The van der Waals surface area contributed by atoms with Crippen molar-refractivity contribution in [3.63, 3.8) is 0 Å². The van der Waals surface area contributed by atoms with Crippen LogP contribution in [0.3, 0.4) is 0 Å². The highest BCUT2D eigenvalue weighted by molar-refractivity contribution is 5.32. The van der Waals surface area contributed by atoms with Crippen molar-refractivity contribution in [1.29, 1.82) is 5.26 Å². The van der Waals surface area contributed by atoms with Gasteiger partial charge in [-0.25, -0.2) is 0 Å². The SMILES string of the molecule is CNC(C#N)(CN1CCCC(C)C1)c1ccccc1.